The van der Waals surface area contributed by atoms with Crippen molar-refractivity contribution in [3.8, 4) is 5.75 Å². The third-order valence-electron chi connectivity index (χ3n) is 13.5. The summed E-state index contributed by atoms with van der Waals surface area (Å²) in [5.41, 5.74) is 4.44. The fourth-order valence-corrected chi connectivity index (χ4v) is 10.0. The van der Waals surface area contributed by atoms with Gasteiger partial charge < -0.3 is 40.9 Å². The highest BCUT2D eigenvalue weighted by atomic mass is 16.5. The topological polar surface area (TPSA) is 178 Å². The number of nitrogens with one attached hydrogen (secondary N) is 3. The number of nitrogens with zero attached hydrogens (tertiary/aromatic N) is 1. The minimum atomic E-state index is -0.780. The van der Waals surface area contributed by atoms with Crippen molar-refractivity contribution in [3.05, 3.63) is 101 Å². The minimum absolute atomic E-state index is 0.0901. The van der Waals surface area contributed by atoms with E-state index in [9.17, 15) is 34.5 Å². The zero-order valence-electron chi connectivity index (χ0n) is 36.3. The first-order valence-electron chi connectivity index (χ1n) is 23.1. The second-order valence-corrected chi connectivity index (χ2v) is 17.9. The highest BCUT2D eigenvalue weighted by molar-refractivity contribution is 5.79. The van der Waals surface area contributed by atoms with Gasteiger partial charge in [-0.2, -0.15) is 0 Å². The van der Waals surface area contributed by atoms with E-state index in [0.29, 0.717) is 31.6 Å². The molecule has 0 saturated carbocycles. The van der Waals surface area contributed by atoms with Crippen LogP contribution in [0, 0.1) is 35.5 Å². The first kappa shape index (κ1) is 46.7. The molecule has 3 aromatic rings. The number of rotatable bonds is 20. The number of carbonyl (C=O) groups excluding carboxylic acids is 1. The molecule has 3 saturated heterocycles. The number of ether oxygens (including phenoxy) is 1. The number of carbonyl (C=O) groups is 4. The van der Waals surface area contributed by atoms with E-state index in [-0.39, 0.29) is 43.2 Å². The van der Waals surface area contributed by atoms with E-state index in [2.05, 4.69) is 16.0 Å². The van der Waals surface area contributed by atoms with E-state index < -0.39 is 35.7 Å². The van der Waals surface area contributed by atoms with Crippen molar-refractivity contribution in [2.24, 2.45) is 35.5 Å². The Morgan fingerprint density at radius 3 is 1.45 bits per heavy atom. The molecule has 12 nitrogen and oxygen atoms in total. The van der Waals surface area contributed by atoms with Crippen molar-refractivity contribution >= 4 is 23.8 Å². The first-order chi connectivity index (χ1) is 30.1. The molecule has 3 heterocycles. The maximum atomic E-state index is 14.3. The zero-order valence-corrected chi connectivity index (χ0v) is 36.3. The number of amides is 1. The molecule has 62 heavy (non-hydrogen) atoms. The third kappa shape index (κ3) is 14.4. The van der Waals surface area contributed by atoms with E-state index in [4.69, 9.17) is 4.74 Å². The summed E-state index contributed by atoms with van der Waals surface area (Å²) in [4.78, 5) is 53.5. The van der Waals surface area contributed by atoms with Gasteiger partial charge in [0, 0.05) is 6.54 Å². The van der Waals surface area contributed by atoms with Crippen LogP contribution in [0.5, 0.6) is 5.75 Å². The lowest BCUT2D eigenvalue weighted by Crippen LogP contribution is -2.35. The quantitative estimate of drug-likeness (QED) is 0.0759. The summed E-state index contributed by atoms with van der Waals surface area (Å²) in [6.45, 7) is 5.99. The lowest BCUT2D eigenvalue weighted by molar-refractivity contribution is -0.144. The van der Waals surface area contributed by atoms with E-state index in [1.807, 2.05) is 72.8 Å². The van der Waals surface area contributed by atoms with Crippen LogP contribution in [0.25, 0.3) is 0 Å². The largest absolute Gasteiger partial charge is 0.492 e. The van der Waals surface area contributed by atoms with Gasteiger partial charge in [0.2, 0.25) is 5.91 Å². The predicted octanol–water partition coefficient (Wildman–Crippen LogP) is 6.24. The Bertz CT molecular complexity index is 1900. The molecule has 0 aromatic heterocycles. The summed E-state index contributed by atoms with van der Waals surface area (Å²) in [6.07, 6.45) is 9.39. The highest BCUT2D eigenvalue weighted by Gasteiger charge is 2.31. The lowest BCUT2D eigenvalue weighted by atomic mass is 9.82. The molecule has 6 unspecified atom stereocenters. The second kappa shape index (κ2) is 24.2. The van der Waals surface area contributed by atoms with E-state index in [0.717, 1.165) is 125 Å². The molecule has 12 heteroatoms. The molecule has 6 N–H and O–H groups in total. The summed E-state index contributed by atoms with van der Waals surface area (Å²) >= 11 is 0. The summed E-state index contributed by atoms with van der Waals surface area (Å²) < 4.78 is 6.27. The molecular weight excluding hydrogens is 785 g/mol. The van der Waals surface area contributed by atoms with Crippen LogP contribution >= 0.6 is 0 Å². The van der Waals surface area contributed by atoms with Gasteiger partial charge in [0.25, 0.3) is 0 Å². The Balaban J connectivity index is 1.16. The van der Waals surface area contributed by atoms with E-state index >= 15 is 0 Å². The maximum Gasteiger partial charge on any atom is 0.307 e. The van der Waals surface area contributed by atoms with Gasteiger partial charge >= 0.3 is 17.9 Å². The smallest absolute Gasteiger partial charge is 0.307 e. The average molecular weight is 853 g/mol. The van der Waals surface area contributed by atoms with Crippen LogP contribution in [-0.4, -0.2) is 96.5 Å². The van der Waals surface area contributed by atoms with Crippen molar-refractivity contribution in [2.45, 2.75) is 90.0 Å². The predicted molar refractivity (Wildman–Crippen MR) is 239 cm³/mol. The van der Waals surface area contributed by atoms with Crippen LogP contribution in [0.2, 0.25) is 0 Å². The zero-order chi connectivity index (χ0) is 43.7. The molecule has 3 aliphatic heterocycles. The lowest BCUT2D eigenvalue weighted by Gasteiger charge is -2.25. The van der Waals surface area contributed by atoms with Crippen LogP contribution in [0.1, 0.15) is 85.6 Å². The van der Waals surface area contributed by atoms with Crippen molar-refractivity contribution in [2.75, 3.05) is 52.4 Å². The van der Waals surface area contributed by atoms with E-state index in [1.165, 1.54) is 0 Å². The van der Waals surface area contributed by atoms with Gasteiger partial charge in [-0.15, -0.1) is 0 Å². The van der Waals surface area contributed by atoms with Crippen LogP contribution in [0.4, 0.5) is 0 Å². The SMILES string of the molecule is O=C(O)C(Cc1cccc(CC(=O)N(CCOc2cccc(CC(C(=O)O)C3CCCNCC3)c2)Cc2cccc(CC(C(=O)O)C3CCCNCC3)c2)c1)C1CCCNCC1. The molecule has 6 atom stereocenters. The molecule has 6 rings (SSSR count). The number of hydrogen-bond donors (Lipinski definition) is 6. The van der Waals surface area contributed by atoms with Gasteiger partial charge in [0.1, 0.15) is 12.4 Å². The summed E-state index contributed by atoms with van der Waals surface area (Å²) in [5.74, 6) is -3.00. The van der Waals surface area contributed by atoms with Crippen molar-refractivity contribution in [1.82, 2.24) is 20.9 Å². The Morgan fingerprint density at radius 1 is 0.548 bits per heavy atom. The Kier molecular flexibility index (Phi) is 18.2. The molecular formula is C50H68N4O8. The molecule has 0 radical (unpaired) electrons. The molecule has 1 amide bonds. The van der Waals surface area contributed by atoms with Crippen molar-refractivity contribution < 1.29 is 39.2 Å². The molecule has 0 bridgehead atoms. The molecule has 0 aliphatic carbocycles. The van der Waals surface area contributed by atoms with Gasteiger partial charge in [-0.25, -0.2) is 0 Å². The molecule has 3 fully saturated rings. The number of carboxylic acids is 3. The van der Waals surface area contributed by atoms with Gasteiger partial charge in [-0.1, -0.05) is 60.7 Å². The average Bonchev–Trinajstić information content (AvgIpc) is 3.82. The number of benzene rings is 3. The van der Waals surface area contributed by atoms with Crippen LogP contribution in [-0.2, 0) is 51.4 Å². The fourth-order valence-electron chi connectivity index (χ4n) is 10.0. The number of hydrogen-bond acceptors (Lipinski definition) is 8. The maximum absolute atomic E-state index is 14.3. The summed E-state index contributed by atoms with van der Waals surface area (Å²) in [7, 11) is 0. The van der Waals surface area contributed by atoms with Gasteiger partial charge in [-0.3, -0.25) is 19.2 Å². The standard InChI is InChI=1S/C50H68N4O8/c55-47(33-37-9-1-7-35(27-37)30-44(48(56)57)40-12-4-19-51-22-16-40)54(34-39-11-2-8-36(28-39)31-45(49(58)59)41-13-5-20-52-23-17-41)25-26-62-43-15-3-10-38(29-43)32-46(50(60)61)42-14-6-21-53-24-18-42/h1-3,7-11,15,27-29,40-42,44-46,51-53H,4-6,12-14,16-26,30-34H2,(H,56,57)(H,58,59)(H,60,61). The van der Waals surface area contributed by atoms with Gasteiger partial charge in [0.15, 0.2) is 0 Å². The van der Waals surface area contributed by atoms with Gasteiger partial charge in [-0.05, 0) is 174 Å². The molecule has 3 aromatic carbocycles. The van der Waals surface area contributed by atoms with Crippen LogP contribution in [0.15, 0.2) is 72.8 Å². The monoisotopic (exact) mass is 853 g/mol. The molecule has 0 spiro atoms. The summed E-state index contributed by atoms with van der Waals surface area (Å²) in [6, 6.07) is 23.2. The second-order valence-electron chi connectivity index (χ2n) is 17.9. The van der Waals surface area contributed by atoms with E-state index in [1.54, 1.807) is 4.90 Å². The number of carboxylic acid groups (broad SMARTS) is 3. The first-order valence-corrected chi connectivity index (χ1v) is 23.1. The van der Waals surface area contributed by atoms with Crippen LogP contribution in [0.3, 0.4) is 0 Å². The Hall–Kier alpha value is -4.78. The Labute approximate surface area is 367 Å². The number of aliphatic carboxylic acids is 3. The fraction of sp³-hybridized carbons (Fsp3) is 0.560. The Morgan fingerprint density at radius 2 is 0.968 bits per heavy atom. The minimum Gasteiger partial charge on any atom is -0.492 e. The summed E-state index contributed by atoms with van der Waals surface area (Å²) in [5, 5.41) is 40.8. The van der Waals surface area contributed by atoms with Crippen molar-refractivity contribution in [3.63, 3.8) is 0 Å². The van der Waals surface area contributed by atoms with Gasteiger partial charge in [0.05, 0.1) is 30.7 Å². The molecule has 336 valence electrons. The normalized spacial score (nSPS) is 21.3. The molecule has 3 aliphatic rings. The van der Waals surface area contributed by atoms with Crippen LogP contribution < -0.4 is 20.7 Å². The van der Waals surface area contributed by atoms with Crippen molar-refractivity contribution in [1.29, 1.82) is 0 Å². The third-order valence-corrected chi connectivity index (χ3v) is 13.5. The highest BCUT2D eigenvalue weighted by Crippen LogP contribution is 2.30.